The minimum Gasteiger partial charge on any atom is -0.497 e. The van der Waals surface area contributed by atoms with Gasteiger partial charge in [-0.15, -0.1) is 11.3 Å². The molecule has 3 N–H and O–H groups in total. The number of benzene rings is 3. The number of pyridine rings is 1. The average Bonchev–Trinajstić information content (AvgIpc) is 3.58. The van der Waals surface area contributed by atoms with E-state index in [1.807, 2.05) is 74.7 Å². The summed E-state index contributed by atoms with van der Waals surface area (Å²) in [6, 6.07) is 24.0. The van der Waals surface area contributed by atoms with Crippen molar-refractivity contribution in [2.45, 2.75) is 44.2 Å². The summed E-state index contributed by atoms with van der Waals surface area (Å²) in [4.78, 5) is 22.7. The zero-order valence-electron chi connectivity index (χ0n) is 27.9. The Hall–Kier alpha value is -4.62. The lowest BCUT2D eigenvalue weighted by Crippen LogP contribution is -2.51. The van der Waals surface area contributed by atoms with Crippen molar-refractivity contribution < 1.29 is 23.1 Å². The largest absolute Gasteiger partial charge is 0.497 e. The third-order valence-corrected chi connectivity index (χ3v) is 10.5. The number of hydrogen-bond acceptors (Lipinski definition) is 9. The predicted octanol–water partition coefficient (Wildman–Crippen LogP) is 6.31. The van der Waals surface area contributed by atoms with E-state index in [2.05, 4.69) is 20.6 Å². The van der Waals surface area contributed by atoms with Crippen molar-refractivity contribution in [3.63, 3.8) is 0 Å². The number of sulfonamides is 1. The standard InChI is InChI=1S/C37H41N5O5S2/c1-25(2)22-42(49(45,46)31-16-14-30(47-4)15-17-31)23-35(43)33(19-27-9-6-5-7-10-27)39-36(44)28-13-12-26(3)32(20-28)40-37-41-34(24-48-37)29-11-8-18-38-21-29/h5-18,20-21,24-25,33,35,43H,19,22-23H2,1-4H3,(H,39,44)(H,40,41)/t33-,35+/m0/s1. The Morgan fingerprint density at radius 2 is 1.76 bits per heavy atom. The monoisotopic (exact) mass is 699 g/mol. The molecule has 0 aliphatic heterocycles. The summed E-state index contributed by atoms with van der Waals surface area (Å²) in [5.74, 6) is 0.126. The van der Waals surface area contributed by atoms with Gasteiger partial charge in [0.25, 0.3) is 5.91 Å². The van der Waals surface area contributed by atoms with Gasteiger partial charge in [-0.25, -0.2) is 13.4 Å². The van der Waals surface area contributed by atoms with Crippen molar-refractivity contribution in [3.8, 4) is 17.0 Å². The third-order valence-electron chi connectivity index (χ3n) is 7.94. The van der Waals surface area contributed by atoms with Crippen LogP contribution >= 0.6 is 11.3 Å². The van der Waals surface area contributed by atoms with Gasteiger partial charge in [-0.1, -0.05) is 50.2 Å². The number of carbonyl (C=O) groups excluding carboxylic acids is 1. The van der Waals surface area contributed by atoms with Crippen LogP contribution in [0.2, 0.25) is 0 Å². The van der Waals surface area contributed by atoms with Gasteiger partial charge in [0, 0.05) is 47.7 Å². The summed E-state index contributed by atoms with van der Waals surface area (Å²) in [6.07, 6.45) is 2.54. The van der Waals surface area contributed by atoms with Crippen LogP contribution in [0.1, 0.15) is 35.3 Å². The summed E-state index contributed by atoms with van der Waals surface area (Å²) in [6.45, 7) is 5.74. The fourth-order valence-electron chi connectivity index (χ4n) is 5.30. The molecule has 2 heterocycles. The molecule has 0 aliphatic carbocycles. The Morgan fingerprint density at radius 3 is 2.43 bits per heavy atom. The smallest absolute Gasteiger partial charge is 0.251 e. The number of aliphatic hydroxyl groups is 1. The second-order valence-corrected chi connectivity index (χ2v) is 15.0. The number of nitrogens with zero attached hydrogens (tertiary/aromatic N) is 3. The Balaban J connectivity index is 1.37. The lowest BCUT2D eigenvalue weighted by atomic mass is 10.00. The highest BCUT2D eigenvalue weighted by Crippen LogP contribution is 2.29. The molecule has 0 saturated carbocycles. The molecule has 5 aromatic rings. The lowest BCUT2D eigenvalue weighted by molar-refractivity contribution is 0.0776. The molecule has 1 amide bonds. The first-order valence-corrected chi connectivity index (χ1v) is 18.3. The van der Waals surface area contributed by atoms with Gasteiger partial charge in [0.15, 0.2) is 5.13 Å². The molecule has 12 heteroatoms. The zero-order chi connectivity index (χ0) is 35.0. The second kappa shape index (κ2) is 16.2. The van der Waals surface area contributed by atoms with Crippen molar-refractivity contribution >= 4 is 38.1 Å². The number of thiazole rings is 1. The maximum absolute atomic E-state index is 13.8. The average molecular weight is 700 g/mol. The lowest BCUT2D eigenvalue weighted by Gasteiger charge is -2.31. The molecule has 0 bridgehead atoms. The highest BCUT2D eigenvalue weighted by molar-refractivity contribution is 7.89. The van der Waals surface area contributed by atoms with Gasteiger partial charge in [-0.2, -0.15) is 4.31 Å². The fraction of sp³-hybridized carbons (Fsp3) is 0.270. The van der Waals surface area contributed by atoms with E-state index in [1.165, 1.54) is 34.9 Å². The predicted molar refractivity (Wildman–Crippen MR) is 194 cm³/mol. The van der Waals surface area contributed by atoms with E-state index in [0.717, 1.165) is 22.4 Å². The zero-order valence-corrected chi connectivity index (χ0v) is 29.5. The second-order valence-electron chi connectivity index (χ2n) is 12.2. The Kier molecular flexibility index (Phi) is 11.8. The molecule has 0 spiro atoms. The van der Waals surface area contributed by atoms with Crippen molar-refractivity contribution in [1.29, 1.82) is 0 Å². The van der Waals surface area contributed by atoms with E-state index in [-0.39, 0.29) is 23.9 Å². The molecule has 256 valence electrons. The van der Waals surface area contributed by atoms with Crippen LogP contribution in [-0.4, -0.2) is 66.0 Å². The van der Waals surface area contributed by atoms with Crippen molar-refractivity contribution in [3.05, 3.63) is 119 Å². The quantitative estimate of drug-likeness (QED) is 0.116. The maximum Gasteiger partial charge on any atom is 0.251 e. The normalized spacial score (nSPS) is 12.9. The van der Waals surface area contributed by atoms with E-state index < -0.39 is 28.1 Å². The number of methoxy groups -OCH3 is 1. The summed E-state index contributed by atoms with van der Waals surface area (Å²) in [5.41, 5.74) is 4.61. The highest BCUT2D eigenvalue weighted by atomic mass is 32.2. The van der Waals surface area contributed by atoms with Crippen LogP contribution in [0.5, 0.6) is 5.75 Å². The van der Waals surface area contributed by atoms with E-state index in [1.54, 1.807) is 36.7 Å². The third kappa shape index (κ3) is 9.30. The molecular formula is C37H41N5O5S2. The number of aromatic nitrogens is 2. The van der Waals surface area contributed by atoms with Gasteiger partial charge >= 0.3 is 0 Å². The molecular weight excluding hydrogens is 659 g/mol. The van der Waals surface area contributed by atoms with Gasteiger partial charge in [0.1, 0.15) is 5.75 Å². The van der Waals surface area contributed by atoms with Crippen LogP contribution in [0.15, 0.2) is 108 Å². The van der Waals surface area contributed by atoms with Crippen LogP contribution in [0, 0.1) is 12.8 Å². The summed E-state index contributed by atoms with van der Waals surface area (Å²) >= 11 is 1.45. The summed E-state index contributed by atoms with van der Waals surface area (Å²) < 4.78 is 34.1. The number of rotatable bonds is 15. The first-order valence-electron chi connectivity index (χ1n) is 15.9. The number of aryl methyl sites for hydroxylation is 1. The Labute approximate surface area is 291 Å². The summed E-state index contributed by atoms with van der Waals surface area (Å²) in [7, 11) is -2.46. The van der Waals surface area contributed by atoms with Gasteiger partial charge in [0.05, 0.1) is 29.8 Å². The summed E-state index contributed by atoms with van der Waals surface area (Å²) in [5, 5.41) is 20.6. The topological polar surface area (TPSA) is 134 Å². The SMILES string of the molecule is COc1ccc(S(=O)(=O)N(CC(C)C)C[C@@H](O)[C@H](Cc2ccccc2)NC(=O)c2ccc(C)c(Nc3nc(-c4cccnc4)cs3)c2)cc1. The van der Waals surface area contributed by atoms with Crippen LogP contribution < -0.4 is 15.4 Å². The van der Waals surface area contributed by atoms with Gasteiger partial charge in [-0.3, -0.25) is 9.78 Å². The number of ether oxygens (including phenoxy) is 1. The first kappa shape index (κ1) is 35.7. The minimum absolute atomic E-state index is 0.0147. The molecule has 2 atom stereocenters. The van der Waals surface area contributed by atoms with E-state index >= 15 is 0 Å². The molecule has 49 heavy (non-hydrogen) atoms. The molecule has 10 nitrogen and oxygen atoms in total. The van der Waals surface area contributed by atoms with Crippen LogP contribution in [0.3, 0.4) is 0 Å². The van der Waals surface area contributed by atoms with Crippen molar-refractivity contribution in [2.75, 3.05) is 25.5 Å². The number of carbonyl (C=O) groups is 1. The van der Waals surface area contributed by atoms with Crippen molar-refractivity contribution in [1.82, 2.24) is 19.6 Å². The van der Waals surface area contributed by atoms with Crippen LogP contribution in [0.4, 0.5) is 10.8 Å². The molecule has 0 radical (unpaired) electrons. The molecule has 0 unspecified atom stereocenters. The molecule has 0 fully saturated rings. The van der Waals surface area contributed by atoms with Gasteiger partial charge in [0.2, 0.25) is 10.0 Å². The first-order chi connectivity index (χ1) is 23.5. The number of hydrogen-bond donors (Lipinski definition) is 3. The molecule has 0 aliphatic rings. The van der Waals surface area contributed by atoms with Gasteiger partial charge < -0.3 is 20.5 Å². The van der Waals surface area contributed by atoms with Gasteiger partial charge in [-0.05, 0) is 78.9 Å². The minimum atomic E-state index is -3.97. The molecule has 2 aromatic heterocycles. The Morgan fingerprint density at radius 1 is 1.00 bits per heavy atom. The van der Waals surface area contributed by atoms with E-state index in [0.29, 0.717) is 28.6 Å². The van der Waals surface area contributed by atoms with Crippen LogP contribution in [-0.2, 0) is 16.4 Å². The molecule has 5 rings (SSSR count). The Bertz CT molecular complexity index is 1940. The van der Waals surface area contributed by atoms with E-state index in [4.69, 9.17) is 4.74 Å². The van der Waals surface area contributed by atoms with E-state index in [9.17, 15) is 18.3 Å². The molecule has 3 aromatic carbocycles. The molecule has 0 saturated heterocycles. The fourth-order valence-corrected chi connectivity index (χ4v) is 7.66. The highest BCUT2D eigenvalue weighted by Gasteiger charge is 2.31. The number of amides is 1. The van der Waals surface area contributed by atoms with Crippen LogP contribution in [0.25, 0.3) is 11.3 Å². The number of anilines is 2. The number of aliphatic hydroxyl groups excluding tert-OH is 1. The maximum atomic E-state index is 13.8. The number of nitrogens with one attached hydrogen (secondary N) is 2. The van der Waals surface area contributed by atoms with Crippen molar-refractivity contribution in [2.24, 2.45) is 5.92 Å².